The summed E-state index contributed by atoms with van der Waals surface area (Å²) in [6.45, 7) is 3.49. The van der Waals surface area contributed by atoms with E-state index in [4.69, 9.17) is 5.11 Å². The van der Waals surface area contributed by atoms with Gasteiger partial charge in [-0.25, -0.2) is 4.79 Å². The van der Waals surface area contributed by atoms with Crippen molar-refractivity contribution < 1.29 is 14.7 Å². The molecule has 1 amide bonds. The van der Waals surface area contributed by atoms with Gasteiger partial charge in [-0.3, -0.25) is 4.79 Å². The van der Waals surface area contributed by atoms with Crippen molar-refractivity contribution in [3.05, 3.63) is 0 Å². The van der Waals surface area contributed by atoms with E-state index in [1.165, 1.54) is 0 Å². The van der Waals surface area contributed by atoms with Crippen LogP contribution in [0.1, 0.15) is 26.7 Å². The van der Waals surface area contributed by atoms with Crippen LogP contribution in [0.25, 0.3) is 0 Å². The summed E-state index contributed by atoms with van der Waals surface area (Å²) in [6.07, 6.45) is -0.253. The number of hydrogen-bond acceptors (Lipinski definition) is 2. The van der Waals surface area contributed by atoms with Gasteiger partial charge in [0.25, 0.3) is 0 Å². The predicted octanol–water partition coefficient (Wildman–Crippen LogP) is 1.01. The van der Waals surface area contributed by atoms with Crippen molar-refractivity contribution in [1.82, 2.24) is 5.32 Å². The van der Waals surface area contributed by atoms with E-state index in [-0.39, 0.29) is 5.78 Å². The van der Waals surface area contributed by atoms with Crippen LogP contribution in [0.4, 0.5) is 4.79 Å². The lowest BCUT2D eigenvalue weighted by Gasteiger charge is -2.11. The summed E-state index contributed by atoms with van der Waals surface area (Å²) in [5.41, 5.74) is 0. The number of carboxylic acid groups (broad SMARTS) is 1. The first-order valence-electron chi connectivity index (χ1n) is 3.64. The fourth-order valence-electron chi connectivity index (χ4n) is 0.806. The maximum absolute atomic E-state index is 11.0. The van der Waals surface area contributed by atoms with Gasteiger partial charge in [0.1, 0.15) is 0 Å². The van der Waals surface area contributed by atoms with Crippen molar-refractivity contribution in [2.24, 2.45) is 0 Å². The van der Waals surface area contributed by atoms with E-state index in [1.807, 2.05) is 0 Å². The Hall–Kier alpha value is -1.06. The Kier molecular flexibility index (Phi) is 4.26. The smallest absolute Gasteiger partial charge is 0.405 e. The summed E-state index contributed by atoms with van der Waals surface area (Å²) < 4.78 is 0. The van der Waals surface area contributed by atoms with Crippen LogP contribution in [0.15, 0.2) is 0 Å². The average molecular weight is 159 g/mol. The molecule has 0 saturated carbocycles. The number of amides is 1. The summed E-state index contributed by atoms with van der Waals surface area (Å²) in [5, 5.41) is 10.4. The zero-order valence-electron chi connectivity index (χ0n) is 6.76. The van der Waals surface area contributed by atoms with Gasteiger partial charge in [-0.05, 0) is 6.42 Å². The summed E-state index contributed by atoms with van der Waals surface area (Å²) in [5.74, 6) is -0.0603. The molecule has 0 aliphatic rings. The zero-order valence-corrected chi connectivity index (χ0v) is 6.76. The van der Waals surface area contributed by atoms with Crippen molar-refractivity contribution in [2.75, 3.05) is 0 Å². The standard InChI is InChI=1S/C7H13NO3/c1-3-5(6(9)4-2)8-7(10)11/h5,8H,3-4H2,1-2H3,(H,10,11). The van der Waals surface area contributed by atoms with E-state index in [9.17, 15) is 9.59 Å². The van der Waals surface area contributed by atoms with Gasteiger partial charge in [0.2, 0.25) is 0 Å². The SMILES string of the molecule is CCC(=O)C(CC)NC(=O)O. The molecule has 64 valence electrons. The minimum atomic E-state index is -1.14. The fraction of sp³-hybridized carbons (Fsp3) is 0.714. The lowest BCUT2D eigenvalue weighted by Crippen LogP contribution is -2.39. The number of carbonyl (C=O) groups is 2. The molecule has 0 rings (SSSR count). The number of nitrogens with one attached hydrogen (secondary N) is 1. The van der Waals surface area contributed by atoms with Crippen molar-refractivity contribution in [1.29, 1.82) is 0 Å². The molecule has 0 spiro atoms. The second-order valence-electron chi connectivity index (χ2n) is 2.23. The summed E-state index contributed by atoms with van der Waals surface area (Å²) in [4.78, 5) is 21.1. The van der Waals surface area contributed by atoms with Crippen LogP contribution in [-0.2, 0) is 4.79 Å². The van der Waals surface area contributed by atoms with E-state index in [1.54, 1.807) is 13.8 Å². The molecule has 0 bridgehead atoms. The van der Waals surface area contributed by atoms with Crippen LogP contribution >= 0.6 is 0 Å². The molecule has 2 N–H and O–H groups in total. The molecule has 1 unspecified atom stereocenters. The second-order valence-corrected chi connectivity index (χ2v) is 2.23. The maximum atomic E-state index is 11.0. The highest BCUT2D eigenvalue weighted by Gasteiger charge is 2.15. The van der Waals surface area contributed by atoms with Crippen LogP contribution in [0.5, 0.6) is 0 Å². The van der Waals surface area contributed by atoms with Gasteiger partial charge in [0.15, 0.2) is 5.78 Å². The summed E-state index contributed by atoms with van der Waals surface area (Å²) in [7, 11) is 0. The van der Waals surface area contributed by atoms with Crippen LogP contribution in [-0.4, -0.2) is 23.0 Å². The summed E-state index contributed by atoms with van der Waals surface area (Å²) in [6, 6.07) is -0.530. The first-order chi connectivity index (χ1) is 5.11. The van der Waals surface area contributed by atoms with Crippen LogP contribution in [0.3, 0.4) is 0 Å². The first kappa shape index (κ1) is 9.94. The fourth-order valence-corrected chi connectivity index (χ4v) is 0.806. The molecule has 4 nitrogen and oxygen atoms in total. The molecule has 0 saturated heterocycles. The van der Waals surface area contributed by atoms with Gasteiger partial charge in [-0.1, -0.05) is 13.8 Å². The normalized spacial score (nSPS) is 12.2. The highest BCUT2D eigenvalue weighted by atomic mass is 16.4. The Balaban J connectivity index is 3.94. The van der Waals surface area contributed by atoms with Crippen LogP contribution in [0, 0.1) is 0 Å². The lowest BCUT2D eigenvalue weighted by molar-refractivity contribution is -0.120. The molecule has 4 heteroatoms. The van der Waals surface area contributed by atoms with E-state index in [0.29, 0.717) is 12.8 Å². The van der Waals surface area contributed by atoms with Gasteiger partial charge >= 0.3 is 6.09 Å². The van der Waals surface area contributed by atoms with Crippen molar-refractivity contribution in [3.8, 4) is 0 Å². The van der Waals surface area contributed by atoms with Crippen molar-refractivity contribution in [2.45, 2.75) is 32.7 Å². The first-order valence-corrected chi connectivity index (χ1v) is 3.64. The van der Waals surface area contributed by atoms with E-state index in [0.717, 1.165) is 0 Å². The van der Waals surface area contributed by atoms with E-state index >= 15 is 0 Å². The minimum Gasteiger partial charge on any atom is -0.465 e. The Labute approximate surface area is 65.6 Å². The number of Topliss-reactive ketones (excluding diaryl/α,β-unsaturated/α-hetero) is 1. The summed E-state index contributed by atoms with van der Waals surface area (Å²) >= 11 is 0. The monoisotopic (exact) mass is 159 g/mol. The molecule has 0 fully saturated rings. The highest BCUT2D eigenvalue weighted by Crippen LogP contribution is 1.95. The second kappa shape index (κ2) is 4.71. The van der Waals surface area contributed by atoms with E-state index in [2.05, 4.69) is 5.32 Å². The third-order valence-corrected chi connectivity index (χ3v) is 1.44. The maximum Gasteiger partial charge on any atom is 0.405 e. The largest absolute Gasteiger partial charge is 0.465 e. The van der Waals surface area contributed by atoms with Crippen LogP contribution in [0.2, 0.25) is 0 Å². The molecule has 0 aromatic carbocycles. The molecule has 0 aromatic rings. The lowest BCUT2D eigenvalue weighted by atomic mass is 10.1. The molecule has 0 radical (unpaired) electrons. The number of carbonyl (C=O) groups excluding carboxylic acids is 1. The Morgan fingerprint density at radius 1 is 1.45 bits per heavy atom. The predicted molar refractivity (Wildman–Crippen MR) is 40.5 cm³/mol. The number of rotatable bonds is 4. The average Bonchev–Trinajstić information content (AvgIpc) is 1.98. The Morgan fingerprint density at radius 3 is 2.27 bits per heavy atom. The van der Waals surface area contributed by atoms with Crippen molar-refractivity contribution >= 4 is 11.9 Å². The quantitative estimate of drug-likeness (QED) is 0.643. The molecule has 11 heavy (non-hydrogen) atoms. The number of ketones is 1. The minimum absolute atomic E-state index is 0.0603. The zero-order chi connectivity index (χ0) is 8.85. The number of hydrogen-bond donors (Lipinski definition) is 2. The molecule has 0 aromatic heterocycles. The van der Waals surface area contributed by atoms with Crippen LogP contribution < -0.4 is 5.32 Å². The molecule has 1 atom stereocenters. The van der Waals surface area contributed by atoms with Gasteiger partial charge in [0, 0.05) is 6.42 Å². The highest BCUT2D eigenvalue weighted by molar-refractivity contribution is 5.86. The molecular formula is C7H13NO3. The van der Waals surface area contributed by atoms with Gasteiger partial charge in [-0.2, -0.15) is 0 Å². The third-order valence-electron chi connectivity index (χ3n) is 1.44. The van der Waals surface area contributed by atoms with Gasteiger partial charge in [-0.15, -0.1) is 0 Å². The van der Waals surface area contributed by atoms with Crippen molar-refractivity contribution in [3.63, 3.8) is 0 Å². The van der Waals surface area contributed by atoms with E-state index < -0.39 is 12.1 Å². The Morgan fingerprint density at radius 2 is 2.00 bits per heavy atom. The molecule has 0 aliphatic heterocycles. The molecular weight excluding hydrogens is 146 g/mol. The Bertz CT molecular complexity index is 156. The van der Waals surface area contributed by atoms with Gasteiger partial charge < -0.3 is 10.4 Å². The van der Waals surface area contributed by atoms with Gasteiger partial charge in [0.05, 0.1) is 6.04 Å². The molecule has 0 aliphatic carbocycles. The topological polar surface area (TPSA) is 66.4 Å². The third kappa shape index (κ3) is 3.60. The molecule has 0 heterocycles.